The Balaban J connectivity index is 1.35. The van der Waals surface area contributed by atoms with E-state index >= 15 is 0 Å². The highest BCUT2D eigenvalue weighted by molar-refractivity contribution is 5.95. The van der Waals surface area contributed by atoms with Crippen molar-refractivity contribution in [2.75, 3.05) is 39.9 Å². The summed E-state index contributed by atoms with van der Waals surface area (Å²) in [7, 11) is 1.59. The first-order valence-corrected chi connectivity index (χ1v) is 10.4. The van der Waals surface area contributed by atoms with Gasteiger partial charge >= 0.3 is 0 Å². The van der Waals surface area contributed by atoms with E-state index in [9.17, 15) is 9.59 Å². The highest BCUT2D eigenvalue weighted by atomic mass is 16.5. The number of hydrogen-bond donors (Lipinski definition) is 1. The Labute approximate surface area is 181 Å². The lowest BCUT2D eigenvalue weighted by molar-refractivity contribution is -0.133. The number of carbonyl (C=O) groups excluding carboxylic acids is 2. The minimum atomic E-state index is -0.00202. The van der Waals surface area contributed by atoms with Gasteiger partial charge in [-0.1, -0.05) is 36.4 Å². The molecule has 160 valence electrons. The molecule has 1 N–H and O–H groups in total. The minimum Gasteiger partial charge on any atom is -0.384 e. The smallest absolute Gasteiger partial charge is 0.253 e. The van der Waals surface area contributed by atoms with Crippen LogP contribution >= 0.6 is 0 Å². The van der Waals surface area contributed by atoms with E-state index in [4.69, 9.17) is 4.74 Å². The van der Waals surface area contributed by atoms with Gasteiger partial charge in [0.15, 0.2) is 0 Å². The zero-order valence-electron chi connectivity index (χ0n) is 17.6. The number of piperazine rings is 1. The second-order valence-electron chi connectivity index (χ2n) is 7.53. The van der Waals surface area contributed by atoms with E-state index in [0.29, 0.717) is 44.8 Å². The lowest BCUT2D eigenvalue weighted by atomic mass is 10.1. The Bertz CT molecular complexity index is 1080. The maximum absolute atomic E-state index is 12.8. The van der Waals surface area contributed by atoms with Gasteiger partial charge in [-0.25, -0.2) is 0 Å². The van der Waals surface area contributed by atoms with Gasteiger partial charge < -0.3 is 14.5 Å². The van der Waals surface area contributed by atoms with Crippen molar-refractivity contribution in [3.63, 3.8) is 0 Å². The molecule has 0 unspecified atom stereocenters. The molecule has 7 heteroatoms. The van der Waals surface area contributed by atoms with Gasteiger partial charge in [-0.2, -0.15) is 5.10 Å². The number of fused-ring (bicyclic) bond motifs is 1. The molecule has 2 aromatic carbocycles. The van der Waals surface area contributed by atoms with Gasteiger partial charge in [0.1, 0.15) is 0 Å². The van der Waals surface area contributed by atoms with Crippen molar-refractivity contribution in [2.24, 2.45) is 0 Å². The summed E-state index contributed by atoms with van der Waals surface area (Å²) in [5.41, 5.74) is 3.54. The summed E-state index contributed by atoms with van der Waals surface area (Å²) < 4.78 is 4.97. The SMILES string of the molecule is COCCC(=O)N1CCN(C(=O)c2ccc(C=Cc3n[nH]c4ccccc34)cc2)CC1. The van der Waals surface area contributed by atoms with Crippen molar-refractivity contribution in [1.82, 2.24) is 20.0 Å². The van der Waals surface area contributed by atoms with Gasteiger partial charge in [-0.15, -0.1) is 0 Å². The summed E-state index contributed by atoms with van der Waals surface area (Å²) in [6, 6.07) is 15.6. The number of ether oxygens (including phenoxy) is 1. The van der Waals surface area contributed by atoms with Crippen LogP contribution in [-0.2, 0) is 9.53 Å². The highest BCUT2D eigenvalue weighted by Gasteiger charge is 2.24. The normalized spacial score (nSPS) is 14.5. The Morgan fingerprint density at radius 3 is 2.45 bits per heavy atom. The number of methoxy groups -OCH3 is 1. The molecule has 0 spiro atoms. The first-order chi connectivity index (χ1) is 15.2. The summed E-state index contributed by atoms with van der Waals surface area (Å²) in [5, 5.41) is 8.44. The van der Waals surface area contributed by atoms with E-state index < -0.39 is 0 Å². The number of nitrogens with zero attached hydrogens (tertiary/aromatic N) is 3. The van der Waals surface area contributed by atoms with Crippen LogP contribution in [0.25, 0.3) is 23.1 Å². The van der Waals surface area contributed by atoms with E-state index in [-0.39, 0.29) is 11.8 Å². The van der Waals surface area contributed by atoms with Crippen molar-refractivity contribution in [1.29, 1.82) is 0 Å². The Kier molecular flexibility index (Phi) is 6.43. The number of benzene rings is 2. The Morgan fingerprint density at radius 2 is 1.71 bits per heavy atom. The third-order valence-electron chi connectivity index (χ3n) is 5.53. The number of rotatable bonds is 6. The maximum atomic E-state index is 12.8. The summed E-state index contributed by atoms with van der Waals surface area (Å²) in [4.78, 5) is 28.5. The molecule has 0 atom stereocenters. The predicted molar refractivity (Wildman–Crippen MR) is 120 cm³/mol. The molecule has 31 heavy (non-hydrogen) atoms. The summed E-state index contributed by atoms with van der Waals surface area (Å²) in [5.74, 6) is 0.0765. The third-order valence-corrected chi connectivity index (χ3v) is 5.53. The van der Waals surface area contributed by atoms with Crippen LogP contribution in [0.3, 0.4) is 0 Å². The molecule has 1 fully saturated rings. The average Bonchev–Trinajstić information content (AvgIpc) is 3.24. The number of aromatic nitrogens is 2. The second kappa shape index (κ2) is 9.57. The molecule has 0 aliphatic carbocycles. The maximum Gasteiger partial charge on any atom is 0.253 e. The molecular formula is C24H26N4O3. The molecule has 1 aliphatic heterocycles. The molecule has 7 nitrogen and oxygen atoms in total. The van der Waals surface area contributed by atoms with Crippen LogP contribution in [0.4, 0.5) is 0 Å². The van der Waals surface area contributed by atoms with Crippen molar-refractivity contribution in [3.05, 3.63) is 65.4 Å². The van der Waals surface area contributed by atoms with Gasteiger partial charge in [-0.05, 0) is 29.8 Å². The second-order valence-corrected chi connectivity index (χ2v) is 7.53. The first kappa shape index (κ1) is 20.8. The standard InChI is InChI=1S/C24H26N4O3/c1-31-17-12-23(29)27-13-15-28(16-14-27)24(30)19-9-6-18(7-10-19)8-11-22-20-4-2-3-5-21(20)25-26-22/h2-11H,12-17H2,1H3,(H,25,26). The molecule has 1 aromatic heterocycles. The quantitative estimate of drug-likeness (QED) is 0.667. The lowest BCUT2D eigenvalue weighted by Crippen LogP contribution is -2.50. The number of H-pyrrole nitrogens is 1. The van der Waals surface area contributed by atoms with Gasteiger partial charge in [-0.3, -0.25) is 14.7 Å². The van der Waals surface area contributed by atoms with E-state index in [2.05, 4.69) is 10.2 Å². The minimum absolute atomic E-state index is 0.00202. The fourth-order valence-electron chi connectivity index (χ4n) is 3.71. The fraction of sp³-hybridized carbons (Fsp3) is 0.292. The monoisotopic (exact) mass is 418 g/mol. The number of para-hydroxylation sites is 1. The number of aromatic amines is 1. The number of carbonyl (C=O) groups is 2. The van der Waals surface area contributed by atoms with Crippen molar-refractivity contribution < 1.29 is 14.3 Å². The molecular weight excluding hydrogens is 392 g/mol. The van der Waals surface area contributed by atoms with Crippen LogP contribution < -0.4 is 0 Å². The Hall–Kier alpha value is -3.45. The summed E-state index contributed by atoms with van der Waals surface area (Å²) in [6.45, 7) is 2.64. The van der Waals surface area contributed by atoms with E-state index in [1.165, 1.54) is 0 Å². The van der Waals surface area contributed by atoms with Crippen molar-refractivity contribution in [2.45, 2.75) is 6.42 Å². The summed E-state index contributed by atoms with van der Waals surface area (Å²) >= 11 is 0. The predicted octanol–water partition coefficient (Wildman–Crippen LogP) is 3.05. The van der Waals surface area contributed by atoms with Crippen LogP contribution in [0.5, 0.6) is 0 Å². The van der Waals surface area contributed by atoms with Crippen LogP contribution in [-0.4, -0.2) is 71.7 Å². The van der Waals surface area contributed by atoms with Crippen molar-refractivity contribution in [3.8, 4) is 0 Å². The molecule has 2 amide bonds. The van der Waals surface area contributed by atoms with Gasteiger partial charge in [0.05, 0.1) is 24.2 Å². The summed E-state index contributed by atoms with van der Waals surface area (Å²) in [6.07, 6.45) is 4.34. The number of hydrogen-bond acceptors (Lipinski definition) is 4. The van der Waals surface area contributed by atoms with Crippen LogP contribution in [0.2, 0.25) is 0 Å². The van der Waals surface area contributed by atoms with E-state index in [1.807, 2.05) is 60.7 Å². The molecule has 3 aromatic rings. The zero-order chi connectivity index (χ0) is 21.6. The van der Waals surface area contributed by atoms with Crippen LogP contribution in [0, 0.1) is 0 Å². The molecule has 4 rings (SSSR count). The van der Waals surface area contributed by atoms with Gasteiger partial charge in [0.2, 0.25) is 5.91 Å². The van der Waals surface area contributed by atoms with Gasteiger partial charge in [0, 0.05) is 44.2 Å². The van der Waals surface area contributed by atoms with E-state index in [0.717, 1.165) is 22.2 Å². The lowest BCUT2D eigenvalue weighted by Gasteiger charge is -2.34. The van der Waals surface area contributed by atoms with Gasteiger partial charge in [0.25, 0.3) is 5.91 Å². The highest BCUT2D eigenvalue weighted by Crippen LogP contribution is 2.18. The fourth-order valence-corrected chi connectivity index (χ4v) is 3.71. The third kappa shape index (κ3) is 4.83. The van der Waals surface area contributed by atoms with Crippen LogP contribution in [0.1, 0.15) is 28.0 Å². The van der Waals surface area contributed by atoms with E-state index in [1.54, 1.807) is 16.9 Å². The molecule has 0 bridgehead atoms. The topological polar surface area (TPSA) is 78.5 Å². The number of amides is 2. The Morgan fingerprint density at radius 1 is 1.00 bits per heavy atom. The molecule has 0 saturated carbocycles. The zero-order valence-corrected chi connectivity index (χ0v) is 17.6. The van der Waals surface area contributed by atoms with Crippen molar-refractivity contribution >= 4 is 34.9 Å². The first-order valence-electron chi connectivity index (χ1n) is 10.4. The van der Waals surface area contributed by atoms with Crippen LogP contribution in [0.15, 0.2) is 48.5 Å². The average molecular weight is 418 g/mol. The molecule has 0 radical (unpaired) electrons. The largest absolute Gasteiger partial charge is 0.384 e. The molecule has 1 aliphatic rings. The molecule has 2 heterocycles. The molecule has 1 saturated heterocycles. The number of nitrogens with one attached hydrogen (secondary N) is 1.